The van der Waals surface area contributed by atoms with Gasteiger partial charge in [-0.15, -0.1) is 0 Å². The second kappa shape index (κ2) is 30.9. The summed E-state index contributed by atoms with van der Waals surface area (Å²) in [4.78, 5) is 0. The van der Waals surface area contributed by atoms with Crippen LogP contribution in [0.5, 0.6) is 0 Å². The van der Waals surface area contributed by atoms with Crippen LogP contribution in [-0.2, 0) is 9.47 Å². The van der Waals surface area contributed by atoms with Crippen LogP contribution in [0.2, 0.25) is 35.5 Å². The van der Waals surface area contributed by atoms with Gasteiger partial charge in [0.05, 0.1) is 0 Å². The van der Waals surface area contributed by atoms with E-state index in [2.05, 4.69) is 53.7 Å². The zero-order valence-corrected chi connectivity index (χ0v) is 36.3. The van der Waals surface area contributed by atoms with Crippen molar-refractivity contribution in [2.24, 2.45) is 0 Å². The summed E-state index contributed by atoms with van der Waals surface area (Å²) in [5, 5.41) is 20.9. The Kier molecular flexibility index (Phi) is 31.3. The summed E-state index contributed by atoms with van der Waals surface area (Å²) in [5.74, 6) is 0. The summed E-state index contributed by atoms with van der Waals surface area (Å²) in [7, 11) is 0. The zero-order valence-electron chi connectivity index (χ0n) is 30.6. The Morgan fingerprint density at radius 3 is 0.977 bits per heavy atom. The number of hydrogen-bond donors (Lipinski definition) is 2. The number of ether oxygens (including phenoxy) is 2. The normalized spacial score (nSPS) is 14.1. The molecular formula is C38H78O4Sn2. The number of unbranched alkanes of at least 4 members (excludes halogenated alkanes) is 6. The minimum absolute atomic E-state index is 0.574. The van der Waals surface area contributed by atoms with E-state index in [1.165, 1.54) is 113 Å². The number of hydrogen-bond acceptors (Lipinski definition) is 4. The summed E-state index contributed by atoms with van der Waals surface area (Å²) >= 11 is -4.24. The maximum atomic E-state index is 10.5. The molecule has 2 atom stereocenters. The van der Waals surface area contributed by atoms with Gasteiger partial charge in [0.1, 0.15) is 0 Å². The van der Waals surface area contributed by atoms with Gasteiger partial charge >= 0.3 is 286 Å². The van der Waals surface area contributed by atoms with E-state index >= 15 is 0 Å². The molecular weight excluding hydrogens is 758 g/mol. The van der Waals surface area contributed by atoms with Gasteiger partial charge in [0, 0.05) is 0 Å². The molecule has 0 aromatic carbocycles. The van der Waals surface area contributed by atoms with E-state index in [-0.39, 0.29) is 0 Å². The molecule has 0 bridgehead atoms. The Balaban J connectivity index is 4.40. The van der Waals surface area contributed by atoms with Crippen LogP contribution in [0.3, 0.4) is 0 Å². The van der Waals surface area contributed by atoms with Crippen LogP contribution in [-0.4, -0.2) is 72.4 Å². The van der Waals surface area contributed by atoms with E-state index < -0.39 is 49.0 Å². The molecule has 0 rings (SSSR count). The van der Waals surface area contributed by atoms with Crippen LogP contribution in [0, 0.1) is 0 Å². The topological polar surface area (TPSA) is 58.9 Å². The van der Waals surface area contributed by atoms with Crippen molar-refractivity contribution < 1.29 is 19.7 Å². The van der Waals surface area contributed by atoms with Crippen LogP contribution < -0.4 is 0 Å². The number of rotatable bonds is 33. The first-order valence-corrected chi connectivity index (χ1v) is 35.4. The fourth-order valence-electron chi connectivity index (χ4n) is 6.68. The number of aliphatic hydroxyl groups is 2. The maximum absolute atomic E-state index is 10.5. The van der Waals surface area contributed by atoms with Crippen molar-refractivity contribution in [3.8, 4) is 0 Å². The van der Waals surface area contributed by atoms with Gasteiger partial charge in [-0.3, -0.25) is 0 Å². The van der Waals surface area contributed by atoms with Gasteiger partial charge in [0.15, 0.2) is 0 Å². The van der Waals surface area contributed by atoms with Crippen LogP contribution in [0.15, 0.2) is 24.7 Å². The summed E-state index contributed by atoms with van der Waals surface area (Å²) < 4.78 is 23.5. The van der Waals surface area contributed by atoms with Crippen molar-refractivity contribution in [1.29, 1.82) is 0 Å². The van der Waals surface area contributed by atoms with Crippen molar-refractivity contribution >= 4 is 36.8 Å². The average Bonchev–Trinajstić information content (AvgIpc) is 3.04. The molecule has 0 spiro atoms. The quantitative estimate of drug-likeness (QED) is 0.0393. The summed E-state index contributed by atoms with van der Waals surface area (Å²) in [6.07, 6.45) is 26.2. The molecule has 0 amide bonds. The van der Waals surface area contributed by atoms with Gasteiger partial charge in [-0.1, -0.05) is 0 Å². The molecule has 2 N–H and O–H groups in total. The van der Waals surface area contributed by atoms with Crippen molar-refractivity contribution in [2.75, 3.05) is 13.2 Å². The van der Waals surface area contributed by atoms with E-state index in [4.69, 9.17) is 9.47 Å². The Labute approximate surface area is 284 Å². The predicted molar refractivity (Wildman–Crippen MR) is 200 cm³/mol. The van der Waals surface area contributed by atoms with Crippen LogP contribution >= 0.6 is 0 Å². The first-order chi connectivity index (χ1) is 21.4. The third-order valence-corrected chi connectivity index (χ3v) is 40.3. The molecule has 0 aliphatic rings. The van der Waals surface area contributed by atoms with Crippen LogP contribution in [0.25, 0.3) is 0 Å². The molecule has 6 heteroatoms. The second-order valence-electron chi connectivity index (χ2n) is 13.9. The molecule has 0 radical (unpaired) electrons. The molecule has 0 saturated heterocycles. The van der Waals surface area contributed by atoms with Crippen molar-refractivity contribution in [2.45, 2.75) is 192 Å². The SMILES string of the molecule is CCC[CH2][Sn]([CH2]/C=C/OCCCC(O)C(O)CCCO/C=C/[CH2][Sn]([CH2]CCC)([CH2]CCC)[CH2]CCC)([CH2]CCC)[CH2]CCC. The van der Waals surface area contributed by atoms with Gasteiger partial charge in [0.25, 0.3) is 0 Å². The van der Waals surface area contributed by atoms with E-state index in [0.717, 1.165) is 12.8 Å². The Morgan fingerprint density at radius 2 is 0.727 bits per heavy atom. The van der Waals surface area contributed by atoms with Crippen molar-refractivity contribution in [3.63, 3.8) is 0 Å². The Morgan fingerprint density at radius 1 is 0.455 bits per heavy atom. The molecule has 4 nitrogen and oxygen atoms in total. The molecule has 2 unspecified atom stereocenters. The van der Waals surface area contributed by atoms with E-state index in [9.17, 15) is 10.2 Å². The first kappa shape index (κ1) is 44.6. The van der Waals surface area contributed by atoms with E-state index in [0.29, 0.717) is 26.1 Å². The second-order valence-corrected chi connectivity index (χ2v) is 42.0. The van der Waals surface area contributed by atoms with Gasteiger partial charge in [0.2, 0.25) is 0 Å². The molecule has 0 fully saturated rings. The fourth-order valence-corrected chi connectivity index (χ4v) is 36.8. The van der Waals surface area contributed by atoms with Gasteiger partial charge < -0.3 is 0 Å². The molecule has 0 heterocycles. The number of aliphatic hydroxyl groups excluding tert-OH is 2. The molecule has 262 valence electrons. The van der Waals surface area contributed by atoms with Gasteiger partial charge in [-0.2, -0.15) is 0 Å². The van der Waals surface area contributed by atoms with E-state index in [1.807, 2.05) is 12.5 Å². The molecule has 0 aliphatic heterocycles. The van der Waals surface area contributed by atoms with Gasteiger partial charge in [-0.05, 0) is 0 Å². The predicted octanol–water partition coefficient (Wildman–Crippen LogP) is 12.0. The third kappa shape index (κ3) is 23.0. The van der Waals surface area contributed by atoms with Crippen molar-refractivity contribution in [3.05, 3.63) is 24.7 Å². The monoisotopic (exact) mass is 838 g/mol. The molecule has 0 aromatic heterocycles. The number of allylic oxidation sites excluding steroid dienone is 2. The standard InChI is InChI=1S/C14H24O4.6C4H9.2Sn/c1-3-9-17-11-5-7-13(15)14(16)8-6-12-18-10-4-2;6*1-3-4-2;;/h3-4,9-10,13-16H,1-2,5-8,11-12H2;6*1,3-4H2,2H3;;/b9-3+,10-4+;;;;;;;;. The minimum atomic E-state index is -2.12. The van der Waals surface area contributed by atoms with Crippen molar-refractivity contribution in [1.82, 2.24) is 0 Å². The summed E-state index contributed by atoms with van der Waals surface area (Å²) in [5.41, 5.74) is 0. The summed E-state index contributed by atoms with van der Waals surface area (Å²) in [6, 6.07) is 0. The fraction of sp³-hybridized carbons (Fsp3) is 0.895. The van der Waals surface area contributed by atoms with Gasteiger partial charge in [-0.25, -0.2) is 0 Å². The zero-order chi connectivity index (χ0) is 32.8. The van der Waals surface area contributed by atoms with Crippen LogP contribution in [0.4, 0.5) is 0 Å². The van der Waals surface area contributed by atoms with E-state index in [1.54, 1.807) is 0 Å². The molecule has 0 aliphatic carbocycles. The first-order valence-electron chi connectivity index (χ1n) is 19.3. The van der Waals surface area contributed by atoms with Crippen LogP contribution in [0.1, 0.15) is 144 Å². The Hall–Kier alpha value is 0.597. The molecule has 44 heavy (non-hydrogen) atoms. The Bertz CT molecular complexity index is 570. The molecule has 0 aromatic rings. The average molecular weight is 836 g/mol. The summed E-state index contributed by atoms with van der Waals surface area (Å²) in [6.45, 7) is 15.2. The third-order valence-electron chi connectivity index (χ3n) is 9.82. The molecule has 0 saturated carbocycles.